The third-order valence-corrected chi connectivity index (χ3v) is 2.28. The Balaban J connectivity index is 2.62. The van der Waals surface area contributed by atoms with Crippen molar-refractivity contribution < 1.29 is 4.74 Å². The fourth-order valence-electron chi connectivity index (χ4n) is 1.26. The lowest BCUT2D eigenvalue weighted by Gasteiger charge is -2.21. The van der Waals surface area contributed by atoms with Crippen molar-refractivity contribution in [3.63, 3.8) is 0 Å². The van der Waals surface area contributed by atoms with E-state index in [1.54, 1.807) is 19.5 Å². The van der Waals surface area contributed by atoms with Crippen molar-refractivity contribution in [3.8, 4) is 0 Å². The van der Waals surface area contributed by atoms with Gasteiger partial charge in [-0.15, -0.1) is 0 Å². The summed E-state index contributed by atoms with van der Waals surface area (Å²) in [6, 6.07) is 0. The average molecular weight is 245 g/mol. The number of anilines is 1. The number of ether oxygens (including phenoxy) is 1. The van der Waals surface area contributed by atoms with E-state index < -0.39 is 0 Å². The summed E-state index contributed by atoms with van der Waals surface area (Å²) in [4.78, 5) is 10.4. The number of aromatic nitrogens is 2. The number of rotatable bonds is 7. The molecule has 2 N–H and O–H groups in total. The minimum Gasteiger partial charge on any atom is -0.383 e. The van der Waals surface area contributed by atoms with Crippen molar-refractivity contribution >= 4 is 17.5 Å². The molecule has 90 valence electrons. The van der Waals surface area contributed by atoms with Gasteiger partial charge in [0.15, 0.2) is 0 Å². The summed E-state index contributed by atoms with van der Waals surface area (Å²) in [6.07, 6.45) is 4.08. The van der Waals surface area contributed by atoms with Gasteiger partial charge in [-0.05, 0) is 13.0 Å². The van der Waals surface area contributed by atoms with Crippen LogP contribution < -0.4 is 10.6 Å². The third-order valence-electron chi connectivity index (χ3n) is 2.09. The molecule has 0 amide bonds. The lowest BCUT2D eigenvalue weighted by atomic mass is 10.4. The van der Waals surface area contributed by atoms with E-state index in [-0.39, 0.29) is 0 Å². The van der Waals surface area contributed by atoms with Gasteiger partial charge in [0.05, 0.1) is 24.0 Å². The summed E-state index contributed by atoms with van der Waals surface area (Å²) >= 11 is 5.74. The molecule has 0 saturated heterocycles. The molecule has 6 heteroatoms. The highest BCUT2D eigenvalue weighted by molar-refractivity contribution is 6.30. The molecule has 1 heterocycles. The smallest absolute Gasteiger partial charge is 0.225 e. The van der Waals surface area contributed by atoms with Crippen molar-refractivity contribution in [1.82, 2.24) is 9.97 Å². The van der Waals surface area contributed by atoms with Crippen LogP contribution in [0, 0.1) is 0 Å². The van der Waals surface area contributed by atoms with E-state index in [2.05, 4.69) is 9.97 Å². The molecular formula is C10H17ClN4O. The third kappa shape index (κ3) is 4.30. The molecule has 1 rings (SSSR count). The van der Waals surface area contributed by atoms with Crippen molar-refractivity contribution in [2.75, 3.05) is 38.3 Å². The molecule has 0 radical (unpaired) electrons. The molecule has 0 saturated carbocycles. The van der Waals surface area contributed by atoms with E-state index in [0.29, 0.717) is 24.1 Å². The zero-order valence-corrected chi connectivity index (χ0v) is 10.2. The van der Waals surface area contributed by atoms with Gasteiger partial charge in [-0.25, -0.2) is 9.97 Å². The zero-order chi connectivity index (χ0) is 11.8. The first-order chi connectivity index (χ1) is 7.77. The van der Waals surface area contributed by atoms with Crippen LogP contribution in [0.3, 0.4) is 0 Å². The molecule has 0 atom stereocenters. The van der Waals surface area contributed by atoms with Crippen LogP contribution in [-0.4, -0.2) is 43.3 Å². The Hall–Kier alpha value is -0.910. The lowest BCUT2D eigenvalue weighted by Crippen LogP contribution is -2.31. The maximum absolute atomic E-state index is 5.74. The van der Waals surface area contributed by atoms with Gasteiger partial charge in [-0.2, -0.15) is 0 Å². The number of hydrogen-bond acceptors (Lipinski definition) is 5. The van der Waals surface area contributed by atoms with Crippen molar-refractivity contribution in [1.29, 1.82) is 0 Å². The molecule has 0 aliphatic rings. The standard InChI is InChI=1S/C10H17ClN4O/c1-16-6-5-15(4-2-3-12)10-13-7-9(11)8-14-10/h7-8H,2-6,12H2,1H3. The number of nitrogens with zero attached hydrogens (tertiary/aromatic N) is 3. The van der Waals surface area contributed by atoms with E-state index in [1.807, 2.05) is 4.90 Å². The van der Waals surface area contributed by atoms with E-state index in [0.717, 1.165) is 19.5 Å². The molecule has 0 aliphatic heterocycles. The van der Waals surface area contributed by atoms with Gasteiger partial charge in [0.2, 0.25) is 5.95 Å². The second kappa shape index (κ2) is 7.38. The van der Waals surface area contributed by atoms with Gasteiger partial charge in [-0.1, -0.05) is 11.6 Å². The van der Waals surface area contributed by atoms with E-state index >= 15 is 0 Å². The van der Waals surface area contributed by atoms with Crippen molar-refractivity contribution in [2.45, 2.75) is 6.42 Å². The highest BCUT2D eigenvalue weighted by atomic mass is 35.5. The number of methoxy groups -OCH3 is 1. The molecule has 16 heavy (non-hydrogen) atoms. The van der Waals surface area contributed by atoms with Crippen LogP contribution in [-0.2, 0) is 4.74 Å². The Morgan fingerprint density at radius 3 is 2.62 bits per heavy atom. The molecule has 5 nitrogen and oxygen atoms in total. The summed E-state index contributed by atoms with van der Waals surface area (Å²) in [6.45, 7) is 2.85. The molecule has 0 aromatic carbocycles. The van der Waals surface area contributed by atoms with Crippen LogP contribution in [0.5, 0.6) is 0 Å². The molecule has 0 unspecified atom stereocenters. The molecule has 0 spiro atoms. The SMILES string of the molecule is COCCN(CCCN)c1ncc(Cl)cn1. The van der Waals surface area contributed by atoms with Crippen LogP contribution in [0.2, 0.25) is 5.02 Å². The first-order valence-electron chi connectivity index (χ1n) is 5.19. The molecule has 0 bridgehead atoms. The zero-order valence-electron chi connectivity index (χ0n) is 9.40. The maximum Gasteiger partial charge on any atom is 0.225 e. The Morgan fingerprint density at radius 2 is 2.06 bits per heavy atom. The Kier molecular flexibility index (Phi) is 6.07. The van der Waals surface area contributed by atoms with Crippen LogP contribution in [0.25, 0.3) is 0 Å². The van der Waals surface area contributed by atoms with Crippen LogP contribution in [0.4, 0.5) is 5.95 Å². The highest BCUT2D eigenvalue weighted by Crippen LogP contribution is 2.10. The number of halogens is 1. The van der Waals surface area contributed by atoms with E-state index in [9.17, 15) is 0 Å². The number of nitrogens with two attached hydrogens (primary N) is 1. The van der Waals surface area contributed by atoms with Crippen LogP contribution >= 0.6 is 11.6 Å². The second-order valence-electron chi connectivity index (χ2n) is 3.32. The first kappa shape index (κ1) is 13.2. The Labute approximate surface area is 101 Å². The summed E-state index contributed by atoms with van der Waals surface area (Å²) in [5.74, 6) is 0.662. The minimum atomic E-state index is 0.536. The average Bonchev–Trinajstić information content (AvgIpc) is 2.31. The van der Waals surface area contributed by atoms with Gasteiger partial charge in [0.25, 0.3) is 0 Å². The topological polar surface area (TPSA) is 64.3 Å². The van der Waals surface area contributed by atoms with Gasteiger partial charge in [0.1, 0.15) is 0 Å². The van der Waals surface area contributed by atoms with Crippen LogP contribution in [0.1, 0.15) is 6.42 Å². The summed E-state index contributed by atoms with van der Waals surface area (Å²) < 4.78 is 5.04. The fraction of sp³-hybridized carbons (Fsp3) is 0.600. The van der Waals surface area contributed by atoms with E-state index in [4.69, 9.17) is 22.1 Å². The predicted octanol–water partition coefficient (Wildman–Crippen LogP) is 0.932. The van der Waals surface area contributed by atoms with Gasteiger partial charge in [0, 0.05) is 20.2 Å². The molecular weight excluding hydrogens is 228 g/mol. The summed E-state index contributed by atoms with van der Waals surface area (Å²) in [7, 11) is 1.67. The van der Waals surface area contributed by atoms with Gasteiger partial charge >= 0.3 is 0 Å². The quantitative estimate of drug-likeness (QED) is 0.773. The summed E-state index contributed by atoms with van der Waals surface area (Å²) in [5, 5.41) is 0.536. The molecule has 0 fully saturated rings. The molecule has 1 aromatic rings. The fourth-order valence-corrected chi connectivity index (χ4v) is 1.36. The second-order valence-corrected chi connectivity index (χ2v) is 3.76. The normalized spacial score (nSPS) is 10.4. The summed E-state index contributed by atoms with van der Waals surface area (Å²) in [5.41, 5.74) is 5.49. The largest absolute Gasteiger partial charge is 0.383 e. The monoisotopic (exact) mass is 244 g/mol. The minimum absolute atomic E-state index is 0.536. The van der Waals surface area contributed by atoms with Crippen molar-refractivity contribution in [2.24, 2.45) is 5.73 Å². The van der Waals surface area contributed by atoms with Crippen molar-refractivity contribution in [3.05, 3.63) is 17.4 Å². The van der Waals surface area contributed by atoms with Gasteiger partial charge < -0.3 is 15.4 Å². The predicted molar refractivity (Wildman–Crippen MR) is 64.8 cm³/mol. The maximum atomic E-state index is 5.74. The Morgan fingerprint density at radius 1 is 1.38 bits per heavy atom. The Bertz CT molecular complexity index is 285. The highest BCUT2D eigenvalue weighted by Gasteiger charge is 2.08. The van der Waals surface area contributed by atoms with Crippen LogP contribution in [0.15, 0.2) is 12.4 Å². The molecule has 1 aromatic heterocycles. The van der Waals surface area contributed by atoms with E-state index in [1.165, 1.54) is 0 Å². The lowest BCUT2D eigenvalue weighted by molar-refractivity contribution is 0.205. The van der Waals surface area contributed by atoms with Gasteiger partial charge in [-0.3, -0.25) is 0 Å². The first-order valence-corrected chi connectivity index (χ1v) is 5.57. The number of hydrogen-bond donors (Lipinski definition) is 1. The molecule has 0 aliphatic carbocycles.